The Balaban J connectivity index is 1.65. The summed E-state index contributed by atoms with van der Waals surface area (Å²) in [7, 11) is 3.41. The molecule has 6 nitrogen and oxygen atoms in total. The summed E-state index contributed by atoms with van der Waals surface area (Å²) in [5, 5.41) is 5.41. The summed E-state index contributed by atoms with van der Waals surface area (Å²) in [4.78, 5) is 25.9. The maximum absolute atomic E-state index is 12.5. The van der Waals surface area contributed by atoms with Crippen LogP contribution in [0.1, 0.15) is 10.4 Å². The van der Waals surface area contributed by atoms with Gasteiger partial charge in [0.2, 0.25) is 5.91 Å². The molecule has 0 spiro atoms. The van der Waals surface area contributed by atoms with E-state index in [1.807, 2.05) is 66.5 Å². The van der Waals surface area contributed by atoms with Crippen LogP contribution in [0.4, 0.5) is 11.4 Å². The number of para-hydroxylation sites is 3. The lowest BCUT2D eigenvalue weighted by Crippen LogP contribution is -2.30. The molecular formula is C23H23N3O3. The van der Waals surface area contributed by atoms with E-state index < -0.39 is 0 Å². The van der Waals surface area contributed by atoms with Crippen LogP contribution in [0.3, 0.4) is 0 Å². The summed E-state index contributed by atoms with van der Waals surface area (Å²) in [6.45, 7) is 0.145. The molecule has 0 saturated carbocycles. The maximum atomic E-state index is 12.5. The largest absolute Gasteiger partial charge is 0.455 e. The van der Waals surface area contributed by atoms with Crippen molar-refractivity contribution < 1.29 is 14.3 Å². The van der Waals surface area contributed by atoms with Gasteiger partial charge in [-0.3, -0.25) is 9.59 Å². The Morgan fingerprint density at radius 3 is 2.24 bits per heavy atom. The fraction of sp³-hybridized carbons (Fsp3) is 0.130. The number of nitrogens with zero attached hydrogens (tertiary/aromatic N) is 1. The number of amides is 2. The maximum Gasteiger partial charge on any atom is 0.251 e. The van der Waals surface area contributed by atoms with Gasteiger partial charge < -0.3 is 20.3 Å². The van der Waals surface area contributed by atoms with E-state index in [1.54, 1.807) is 31.3 Å². The zero-order valence-electron chi connectivity index (χ0n) is 16.4. The van der Waals surface area contributed by atoms with Gasteiger partial charge in [-0.2, -0.15) is 0 Å². The van der Waals surface area contributed by atoms with Gasteiger partial charge in [0.1, 0.15) is 5.75 Å². The van der Waals surface area contributed by atoms with Crippen LogP contribution in [0.25, 0.3) is 0 Å². The van der Waals surface area contributed by atoms with E-state index in [1.165, 1.54) is 0 Å². The van der Waals surface area contributed by atoms with Gasteiger partial charge in [0.15, 0.2) is 5.75 Å². The summed E-state index contributed by atoms with van der Waals surface area (Å²) < 4.78 is 5.97. The van der Waals surface area contributed by atoms with Crippen LogP contribution in [-0.4, -0.2) is 32.5 Å². The van der Waals surface area contributed by atoms with Crippen molar-refractivity contribution in [1.29, 1.82) is 0 Å². The van der Waals surface area contributed by atoms with E-state index in [2.05, 4.69) is 10.6 Å². The highest BCUT2D eigenvalue weighted by Gasteiger charge is 2.13. The van der Waals surface area contributed by atoms with Crippen LogP contribution < -0.4 is 20.3 Å². The van der Waals surface area contributed by atoms with Crippen LogP contribution >= 0.6 is 0 Å². The average Bonchev–Trinajstić information content (AvgIpc) is 2.74. The molecule has 148 valence electrons. The molecule has 0 aliphatic rings. The zero-order chi connectivity index (χ0) is 20.6. The molecule has 29 heavy (non-hydrogen) atoms. The summed E-state index contributed by atoms with van der Waals surface area (Å²) in [5.74, 6) is 1.06. The Morgan fingerprint density at radius 1 is 0.897 bits per heavy atom. The molecule has 0 fully saturated rings. The number of nitrogens with one attached hydrogen (secondary N) is 2. The van der Waals surface area contributed by atoms with Gasteiger partial charge in [-0.1, -0.05) is 30.3 Å². The van der Waals surface area contributed by atoms with Gasteiger partial charge in [-0.15, -0.1) is 0 Å². The number of benzene rings is 3. The number of hydrogen-bond donors (Lipinski definition) is 2. The highest BCUT2D eigenvalue weighted by molar-refractivity contribution is 5.96. The van der Waals surface area contributed by atoms with Crippen LogP contribution in [0.5, 0.6) is 11.5 Å². The first-order chi connectivity index (χ1) is 14.1. The van der Waals surface area contributed by atoms with Gasteiger partial charge >= 0.3 is 0 Å². The quantitative estimate of drug-likeness (QED) is 0.643. The molecule has 0 bridgehead atoms. The first-order valence-corrected chi connectivity index (χ1v) is 9.22. The third kappa shape index (κ3) is 5.35. The van der Waals surface area contributed by atoms with E-state index in [0.29, 0.717) is 17.0 Å². The van der Waals surface area contributed by atoms with Crippen molar-refractivity contribution in [3.63, 3.8) is 0 Å². The smallest absolute Gasteiger partial charge is 0.251 e. The van der Waals surface area contributed by atoms with E-state index >= 15 is 0 Å². The van der Waals surface area contributed by atoms with Gasteiger partial charge in [0.25, 0.3) is 5.91 Å². The standard InChI is InChI=1S/C23H23N3O3/c1-24-23(28)17-12-14-18(15-13-17)25-22(27)16-26(2)20-10-6-7-11-21(20)29-19-8-4-3-5-9-19/h3-15H,16H2,1-2H3,(H,24,28)(H,25,27). The van der Waals surface area contributed by atoms with Crippen molar-refractivity contribution in [3.05, 3.63) is 84.4 Å². The molecule has 0 atom stereocenters. The van der Waals surface area contributed by atoms with Crippen molar-refractivity contribution in [2.24, 2.45) is 0 Å². The Morgan fingerprint density at radius 2 is 1.55 bits per heavy atom. The van der Waals surface area contributed by atoms with Gasteiger partial charge in [0, 0.05) is 25.3 Å². The van der Waals surface area contributed by atoms with E-state index in [9.17, 15) is 9.59 Å². The van der Waals surface area contributed by atoms with E-state index in [4.69, 9.17) is 4.74 Å². The number of carbonyl (C=O) groups is 2. The predicted molar refractivity (Wildman–Crippen MR) is 115 cm³/mol. The third-order valence-electron chi connectivity index (χ3n) is 4.29. The molecule has 3 aromatic rings. The molecular weight excluding hydrogens is 366 g/mol. The number of hydrogen-bond acceptors (Lipinski definition) is 4. The third-order valence-corrected chi connectivity index (χ3v) is 4.29. The topological polar surface area (TPSA) is 70.7 Å². The molecule has 0 aliphatic carbocycles. The van der Waals surface area contributed by atoms with Gasteiger partial charge in [-0.05, 0) is 48.5 Å². The Hall–Kier alpha value is -3.80. The summed E-state index contributed by atoms with van der Waals surface area (Å²) in [5.41, 5.74) is 1.97. The van der Waals surface area contributed by atoms with Crippen LogP contribution in [0.15, 0.2) is 78.9 Å². The minimum Gasteiger partial charge on any atom is -0.455 e. The van der Waals surface area contributed by atoms with Crippen molar-refractivity contribution in [3.8, 4) is 11.5 Å². The second kappa shape index (κ2) is 9.41. The minimum absolute atomic E-state index is 0.145. The molecule has 0 heterocycles. The number of carbonyl (C=O) groups excluding carboxylic acids is 2. The minimum atomic E-state index is -0.172. The van der Waals surface area contributed by atoms with Gasteiger partial charge in [0.05, 0.1) is 12.2 Å². The Kier molecular flexibility index (Phi) is 6.47. The van der Waals surface area contributed by atoms with E-state index in [-0.39, 0.29) is 18.4 Å². The van der Waals surface area contributed by atoms with Gasteiger partial charge in [-0.25, -0.2) is 0 Å². The summed E-state index contributed by atoms with van der Waals surface area (Å²) in [6, 6.07) is 23.8. The lowest BCUT2D eigenvalue weighted by Gasteiger charge is -2.22. The van der Waals surface area contributed by atoms with E-state index in [0.717, 1.165) is 11.4 Å². The number of ether oxygens (including phenoxy) is 1. The highest BCUT2D eigenvalue weighted by atomic mass is 16.5. The summed E-state index contributed by atoms with van der Waals surface area (Å²) >= 11 is 0. The number of anilines is 2. The molecule has 3 aromatic carbocycles. The fourth-order valence-corrected chi connectivity index (χ4v) is 2.82. The van der Waals surface area contributed by atoms with Crippen molar-refractivity contribution in [2.45, 2.75) is 0 Å². The van der Waals surface area contributed by atoms with Crippen molar-refractivity contribution in [1.82, 2.24) is 5.32 Å². The second-order valence-electron chi connectivity index (χ2n) is 6.44. The Bertz CT molecular complexity index is 972. The summed E-state index contributed by atoms with van der Waals surface area (Å²) in [6.07, 6.45) is 0. The molecule has 0 aliphatic heterocycles. The van der Waals surface area contributed by atoms with Crippen molar-refractivity contribution in [2.75, 3.05) is 30.9 Å². The number of rotatable bonds is 7. The average molecular weight is 389 g/mol. The first-order valence-electron chi connectivity index (χ1n) is 9.22. The lowest BCUT2D eigenvalue weighted by atomic mass is 10.2. The first kappa shape index (κ1) is 19.9. The van der Waals surface area contributed by atoms with Crippen LogP contribution in [0, 0.1) is 0 Å². The SMILES string of the molecule is CNC(=O)c1ccc(NC(=O)CN(C)c2ccccc2Oc2ccccc2)cc1. The highest BCUT2D eigenvalue weighted by Crippen LogP contribution is 2.31. The number of likely N-dealkylation sites (N-methyl/N-ethyl adjacent to an activating group) is 1. The molecule has 6 heteroatoms. The molecule has 2 N–H and O–H groups in total. The molecule has 3 rings (SSSR count). The predicted octanol–water partition coefficient (Wildman–Crippen LogP) is 3.91. The molecule has 0 unspecified atom stereocenters. The molecule has 2 amide bonds. The Labute approximate surface area is 170 Å². The molecule has 0 saturated heterocycles. The lowest BCUT2D eigenvalue weighted by molar-refractivity contribution is -0.114. The second-order valence-corrected chi connectivity index (χ2v) is 6.44. The fourth-order valence-electron chi connectivity index (χ4n) is 2.82. The van der Waals surface area contributed by atoms with Crippen molar-refractivity contribution >= 4 is 23.2 Å². The zero-order valence-corrected chi connectivity index (χ0v) is 16.4. The normalized spacial score (nSPS) is 10.1. The molecule has 0 aromatic heterocycles. The monoisotopic (exact) mass is 389 g/mol. The molecule has 0 radical (unpaired) electrons. The van der Waals surface area contributed by atoms with Crippen LogP contribution in [-0.2, 0) is 4.79 Å². The van der Waals surface area contributed by atoms with Crippen LogP contribution in [0.2, 0.25) is 0 Å².